The zero-order valence-electron chi connectivity index (χ0n) is 12.3. The Balaban J connectivity index is 2.44. The topological polar surface area (TPSA) is 30.5 Å². The van der Waals surface area contributed by atoms with Gasteiger partial charge in [0, 0.05) is 38.4 Å². The number of benzene rings is 1. The molecule has 19 heavy (non-hydrogen) atoms. The molecule has 0 aliphatic heterocycles. The van der Waals surface area contributed by atoms with Crippen molar-refractivity contribution in [3.8, 4) is 5.75 Å². The monoisotopic (exact) mass is 269 g/mol. The van der Waals surface area contributed by atoms with E-state index >= 15 is 0 Å². The van der Waals surface area contributed by atoms with E-state index in [1.807, 2.05) is 0 Å². The minimum Gasteiger partial charge on any atom is -0.497 e. The molecule has 0 amide bonds. The summed E-state index contributed by atoms with van der Waals surface area (Å²) in [5.74, 6) is 0.309. The average Bonchev–Trinajstić information content (AvgIpc) is 2.38. The van der Waals surface area contributed by atoms with Gasteiger partial charge < -0.3 is 14.8 Å². The second-order valence-corrected chi connectivity index (χ2v) is 5.47. The molecule has 108 valence electrons. The molecule has 0 fully saturated rings. The molecule has 0 saturated carbocycles. The van der Waals surface area contributed by atoms with Crippen LogP contribution >= 0.6 is 0 Å². The van der Waals surface area contributed by atoms with Gasteiger partial charge in [0.2, 0.25) is 0 Å². The van der Waals surface area contributed by atoms with Crippen molar-refractivity contribution in [1.82, 2.24) is 5.32 Å². The van der Waals surface area contributed by atoms with Gasteiger partial charge in [-0.2, -0.15) is 0 Å². The second kappa shape index (κ2) is 7.46. The molecule has 0 aromatic heterocycles. The van der Waals surface area contributed by atoms with Gasteiger partial charge in [0.25, 0.3) is 0 Å². The summed E-state index contributed by atoms with van der Waals surface area (Å²) in [7, 11) is 3.24. The quantitative estimate of drug-likeness (QED) is 0.787. The van der Waals surface area contributed by atoms with Crippen LogP contribution in [-0.4, -0.2) is 27.4 Å². The minimum atomic E-state index is -0.235. The van der Waals surface area contributed by atoms with Crippen molar-refractivity contribution in [3.05, 3.63) is 29.6 Å². The van der Waals surface area contributed by atoms with Gasteiger partial charge in [-0.25, -0.2) is 4.39 Å². The molecule has 4 heteroatoms. The summed E-state index contributed by atoms with van der Waals surface area (Å²) in [4.78, 5) is 0. The van der Waals surface area contributed by atoms with E-state index in [0.717, 1.165) is 19.6 Å². The van der Waals surface area contributed by atoms with E-state index in [9.17, 15) is 4.39 Å². The van der Waals surface area contributed by atoms with Crippen LogP contribution in [0.1, 0.15) is 25.8 Å². The molecule has 1 N–H and O–H groups in total. The van der Waals surface area contributed by atoms with E-state index in [4.69, 9.17) is 9.47 Å². The van der Waals surface area contributed by atoms with Crippen LogP contribution in [-0.2, 0) is 11.3 Å². The Hall–Kier alpha value is -1.13. The predicted molar refractivity (Wildman–Crippen MR) is 74.9 cm³/mol. The summed E-state index contributed by atoms with van der Waals surface area (Å²) in [5.41, 5.74) is 0.794. The zero-order valence-corrected chi connectivity index (χ0v) is 12.3. The third-order valence-corrected chi connectivity index (χ3v) is 3.16. The molecule has 0 bridgehead atoms. The van der Waals surface area contributed by atoms with Gasteiger partial charge in [-0.15, -0.1) is 0 Å². The highest BCUT2D eigenvalue weighted by atomic mass is 19.1. The first-order chi connectivity index (χ1) is 8.98. The molecule has 0 unspecified atom stereocenters. The maximum absolute atomic E-state index is 13.7. The fraction of sp³-hybridized carbons (Fsp3) is 0.600. The zero-order chi connectivity index (χ0) is 14.3. The molecule has 0 heterocycles. The lowest BCUT2D eigenvalue weighted by atomic mass is 9.89. The molecule has 1 aromatic rings. The van der Waals surface area contributed by atoms with Gasteiger partial charge in [0.1, 0.15) is 11.6 Å². The van der Waals surface area contributed by atoms with E-state index in [0.29, 0.717) is 17.9 Å². The van der Waals surface area contributed by atoms with Crippen LogP contribution in [0.15, 0.2) is 18.2 Å². The van der Waals surface area contributed by atoms with Crippen LogP contribution in [0.5, 0.6) is 5.75 Å². The van der Waals surface area contributed by atoms with Crippen molar-refractivity contribution in [2.75, 3.05) is 27.4 Å². The Labute approximate surface area is 115 Å². The van der Waals surface area contributed by atoms with Gasteiger partial charge >= 0.3 is 0 Å². The predicted octanol–water partition coefficient (Wildman–Crippen LogP) is 2.99. The Kier molecular flexibility index (Phi) is 6.25. The lowest BCUT2D eigenvalue weighted by molar-refractivity contribution is 0.150. The molecule has 0 saturated heterocycles. The number of hydrogen-bond donors (Lipinski definition) is 1. The van der Waals surface area contributed by atoms with E-state index in [2.05, 4.69) is 19.2 Å². The molecule has 0 spiro atoms. The van der Waals surface area contributed by atoms with Crippen molar-refractivity contribution in [1.29, 1.82) is 0 Å². The van der Waals surface area contributed by atoms with Crippen LogP contribution in [0.4, 0.5) is 4.39 Å². The van der Waals surface area contributed by atoms with Crippen LogP contribution < -0.4 is 10.1 Å². The Morgan fingerprint density at radius 3 is 2.58 bits per heavy atom. The van der Waals surface area contributed by atoms with E-state index in [-0.39, 0.29) is 11.2 Å². The van der Waals surface area contributed by atoms with Gasteiger partial charge in [-0.1, -0.05) is 19.9 Å². The molecular formula is C15H24FNO2. The highest BCUT2D eigenvalue weighted by Gasteiger charge is 2.17. The lowest BCUT2D eigenvalue weighted by Gasteiger charge is -2.24. The van der Waals surface area contributed by atoms with Gasteiger partial charge in [0.05, 0.1) is 7.11 Å². The first-order valence-electron chi connectivity index (χ1n) is 6.50. The summed E-state index contributed by atoms with van der Waals surface area (Å²) in [6.07, 6.45) is 0.974. The van der Waals surface area contributed by atoms with Crippen molar-refractivity contribution in [2.45, 2.75) is 26.8 Å². The largest absolute Gasteiger partial charge is 0.497 e. The number of halogens is 1. The lowest BCUT2D eigenvalue weighted by Crippen LogP contribution is -2.30. The van der Waals surface area contributed by atoms with E-state index in [1.165, 1.54) is 13.2 Å². The fourth-order valence-electron chi connectivity index (χ4n) is 1.80. The number of ether oxygens (including phenoxy) is 2. The standard InChI is InChI=1S/C15H24FNO2/c1-15(2,7-8-18-3)11-17-10-12-5-6-13(19-4)9-14(12)16/h5-6,9,17H,7-8,10-11H2,1-4H3. The Morgan fingerprint density at radius 2 is 2.00 bits per heavy atom. The maximum Gasteiger partial charge on any atom is 0.131 e. The van der Waals surface area contributed by atoms with Crippen LogP contribution in [0.2, 0.25) is 0 Å². The highest BCUT2D eigenvalue weighted by Crippen LogP contribution is 2.20. The molecular weight excluding hydrogens is 245 g/mol. The van der Waals surface area contributed by atoms with Gasteiger partial charge in [-0.3, -0.25) is 0 Å². The van der Waals surface area contributed by atoms with Crippen LogP contribution in [0, 0.1) is 11.2 Å². The minimum absolute atomic E-state index is 0.138. The third kappa shape index (κ3) is 5.57. The molecule has 0 radical (unpaired) electrons. The van der Waals surface area contributed by atoms with Crippen LogP contribution in [0.3, 0.4) is 0 Å². The van der Waals surface area contributed by atoms with E-state index in [1.54, 1.807) is 19.2 Å². The molecule has 1 aromatic carbocycles. The number of methoxy groups -OCH3 is 2. The average molecular weight is 269 g/mol. The number of hydrogen-bond acceptors (Lipinski definition) is 3. The summed E-state index contributed by atoms with van der Waals surface area (Å²) >= 11 is 0. The van der Waals surface area contributed by atoms with E-state index < -0.39 is 0 Å². The Bertz CT molecular complexity index is 394. The fourth-order valence-corrected chi connectivity index (χ4v) is 1.80. The molecule has 0 atom stereocenters. The number of rotatable bonds is 8. The summed E-state index contributed by atoms with van der Waals surface area (Å²) in [6, 6.07) is 4.94. The Morgan fingerprint density at radius 1 is 1.26 bits per heavy atom. The molecule has 1 rings (SSSR count). The summed E-state index contributed by atoms with van der Waals surface area (Å²) in [5, 5.41) is 3.29. The molecule has 3 nitrogen and oxygen atoms in total. The SMILES string of the molecule is COCCC(C)(C)CNCc1ccc(OC)cc1F. The van der Waals surface area contributed by atoms with Crippen molar-refractivity contribution in [3.63, 3.8) is 0 Å². The molecule has 0 aliphatic carbocycles. The first-order valence-corrected chi connectivity index (χ1v) is 6.50. The van der Waals surface area contributed by atoms with Crippen molar-refractivity contribution < 1.29 is 13.9 Å². The third-order valence-electron chi connectivity index (χ3n) is 3.16. The summed E-state index contributed by atoms with van der Waals surface area (Å²) in [6.45, 7) is 6.42. The molecule has 0 aliphatic rings. The van der Waals surface area contributed by atoms with Crippen LogP contribution in [0.25, 0.3) is 0 Å². The van der Waals surface area contributed by atoms with Crippen molar-refractivity contribution in [2.24, 2.45) is 5.41 Å². The second-order valence-electron chi connectivity index (χ2n) is 5.47. The highest BCUT2D eigenvalue weighted by molar-refractivity contribution is 5.28. The van der Waals surface area contributed by atoms with Crippen molar-refractivity contribution >= 4 is 0 Å². The normalized spacial score (nSPS) is 11.6. The summed E-state index contributed by atoms with van der Waals surface area (Å²) < 4.78 is 23.8. The van der Waals surface area contributed by atoms with Gasteiger partial charge in [0.15, 0.2) is 0 Å². The first kappa shape index (κ1) is 15.9. The van der Waals surface area contributed by atoms with Gasteiger partial charge in [-0.05, 0) is 17.9 Å². The maximum atomic E-state index is 13.7. The number of nitrogens with one attached hydrogen (secondary N) is 1. The smallest absolute Gasteiger partial charge is 0.131 e.